The summed E-state index contributed by atoms with van der Waals surface area (Å²) >= 11 is 4.09. The molecule has 0 amide bonds. The van der Waals surface area contributed by atoms with Gasteiger partial charge in [-0.15, -0.1) is 0 Å². The molecular weight excluding hydrogens is 220 g/mol. The van der Waals surface area contributed by atoms with Gasteiger partial charge in [0.25, 0.3) is 0 Å². The molecular formula is C13H24S2. The van der Waals surface area contributed by atoms with Crippen molar-refractivity contribution in [2.24, 2.45) is 0 Å². The largest absolute Gasteiger partial charge is 0.158 e. The molecule has 0 atom stereocenters. The van der Waals surface area contributed by atoms with E-state index in [0.29, 0.717) is 0 Å². The number of hydrogen-bond donors (Lipinski definition) is 0. The van der Waals surface area contributed by atoms with Crippen molar-refractivity contribution in [3.63, 3.8) is 0 Å². The van der Waals surface area contributed by atoms with E-state index in [0.717, 1.165) is 0 Å². The van der Waals surface area contributed by atoms with Crippen molar-refractivity contribution in [2.75, 3.05) is 23.0 Å². The van der Waals surface area contributed by atoms with Gasteiger partial charge in [-0.25, -0.2) is 0 Å². The SMILES string of the molecule is CC=CCSCCCCCSCC=CC. The Kier molecular flexibility index (Phi) is 14.4. The molecule has 0 aliphatic carbocycles. The fraction of sp³-hybridized carbons (Fsp3) is 0.692. The Bertz CT molecular complexity index is 144. The Morgan fingerprint density at radius 1 is 0.733 bits per heavy atom. The topological polar surface area (TPSA) is 0 Å². The second-order valence-corrected chi connectivity index (χ2v) is 5.65. The third kappa shape index (κ3) is 14.2. The molecule has 0 aromatic rings. The van der Waals surface area contributed by atoms with Crippen LogP contribution in [0.1, 0.15) is 33.1 Å². The van der Waals surface area contributed by atoms with E-state index in [1.54, 1.807) is 0 Å². The Labute approximate surface area is 104 Å². The van der Waals surface area contributed by atoms with Gasteiger partial charge in [-0.2, -0.15) is 23.5 Å². The van der Waals surface area contributed by atoms with Gasteiger partial charge in [0.05, 0.1) is 0 Å². The van der Waals surface area contributed by atoms with Gasteiger partial charge in [-0.05, 0) is 38.2 Å². The molecule has 0 aliphatic heterocycles. The molecule has 2 heteroatoms. The quantitative estimate of drug-likeness (QED) is 0.401. The highest BCUT2D eigenvalue weighted by atomic mass is 32.2. The fourth-order valence-electron chi connectivity index (χ4n) is 1.08. The van der Waals surface area contributed by atoms with Crippen LogP contribution in [0, 0.1) is 0 Å². The van der Waals surface area contributed by atoms with Crippen LogP contribution in [0.2, 0.25) is 0 Å². The van der Waals surface area contributed by atoms with Crippen molar-refractivity contribution in [1.82, 2.24) is 0 Å². The summed E-state index contributed by atoms with van der Waals surface area (Å²) in [6.45, 7) is 4.17. The molecule has 0 aromatic heterocycles. The molecule has 0 unspecified atom stereocenters. The smallest absolute Gasteiger partial charge is 0.0113 e. The number of allylic oxidation sites excluding steroid dienone is 2. The predicted octanol–water partition coefficient (Wildman–Crippen LogP) is 4.78. The summed E-state index contributed by atoms with van der Waals surface area (Å²) in [7, 11) is 0. The molecule has 0 saturated heterocycles. The average molecular weight is 244 g/mol. The number of rotatable bonds is 10. The van der Waals surface area contributed by atoms with Crippen LogP contribution in [0.5, 0.6) is 0 Å². The zero-order chi connectivity index (χ0) is 11.2. The van der Waals surface area contributed by atoms with Gasteiger partial charge in [0, 0.05) is 11.5 Å². The van der Waals surface area contributed by atoms with E-state index in [1.807, 2.05) is 23.5 Å². The Morgan fingerprint density at radius 2 is 1.20 bits per heavy atom. The third-order valence-electron chi connectivity index (χ3n) is 1.98. The van der Waals surface area contributed by atoms with Crippen molar-refractivity contribution >= 4 is 23.5 Å². The van der Waals surface area contributed by atoms with Crippen LogP contribution in [0.15, 0.2) is 24.3 Å². The summed E-state index contributed by atoms with van der Waals surface area (Å²) in [5.41, 5.74) is 0. The van der Waals surface area contributed by atoms with Gasteiger partial charge in [0.2, 0.25) is 0 Å². The lowest BCUT2D eigenvalue weighted by Gasteiger charge is -1.99. The summed E-state index contributed by atoms with van der Waals surface area (Å²) in [6, 6.07) is 0. The molecule has 0 heterocycles. The standard InChI is InChI=1S/C13H24S2/c1-3-5-10-14-12-8-7-9-13-15-11-6-4-2/h3-6H,7-13H2,1-2H3. The lowest BCUT2D eigenvalue weighted by molar-refractivity contribution is 0.786. The molecule has 0 spiro atoms. The van der Waals surface area contributed by atoms with Crippen molar-refractivity contribution < 1.29 is 0 Å². The van der Waals surface area contributed by atoms with E-state index in [-0.39, 0.29) is 0 Å². The minimum Gasteiger partial charge on any atom is -0.158 e. The molecule has 0 saturated carbocycles. The first-order chi connectivity index (χ1) is 7.41. The van der Waals surface area contributed by atoms with E-state index in [9.17, 15) is 0 Å². The molecule has 0 fully saturated rings. The fourth-order valence-corrected chi connectivity index (χ4v) is 2.89. The highest BCUT2D eigenvalue weighted by molar-refractivity contribution is 7.99. The molecule has 88 valence electrons. The van der Waals surface area contributed by atoms with Crippen LogP contribution in [-0.4, -0.2) is 23.0 Å². The molecule has 0 bridgehead atoms. The van der Waals surface area contributed by atoms with Gasteiger partial charge >= 0.3 is 0 Å². The van der Waals surface area contributed by atoms with Crippen molar-refractivity contribution in [3.8, 4) is 0 Å². The highest BCUT2D eigenvalue weighted by Crippen LogP contribution is 2.10. The van der Waals surface area contributed by atoms with Crippen molar-refractivity contribution in [2.45, 2.75) is 33.1 Å². The molecule has 0 aromatic carbocycles. The lowest BCUT2D eigenvalue weighted by atomic mass is 10.3. The Balaban J connectivity index is 2.92. The minimum absolute atomic E-state index is 1.19. The normalized spacial score (nSPS) is 11.9. The summed E-state index contributed by atoms with van der Waals surface area (Å²) in [6.07, 6.45) is 12.9. The van der Waals surface area contributed by atoms with Gasteiger partial charge in [0.15, 0.2) is 0 Å². The zero-order valence-electron chi connectivity index (χ0n) is 10.1. The second kappa shape index (κ2) is 14.2. The number of unbranched alkanes of at least 4 members (excludes halogenated alkanes) is 2. The van der Waals surface area contributed by atoms with E-state index in [2.05, 4.69) is 38.2 Å². The first-order valence-electron chi connectivity index (χ1n) is 5.79. The third-order valence-corrected chi connectivity index (χ3v) is 3.99. The van der Waals surface area contributed by atoms with Crippen molar-refractivity contribution in [1.29, 1.82) is 0 Å². The monoisotopic (exact) mass is 244 g/mol. The van der Waals surface area contributed by atoms with Crippen LogP contribution in [0.3, 0.4) is 0 Å². The van der Waals surface area contributed by atoms with Crippen LogP contribution in [0.4, 0.5) is 0 Å². The predicted molar refractivity (Wildman–Crippen MR) is 78.1 cm³/mol. The first kappa shape index (κ1) is 15.2. The molecule has 0 radical (unpaired) electrons. The summed E-state index contributed by atoms with van der Waals surface area (Å²) in [4.78, 5) is 0. The maximum absolute atomic E-state index is 2.23. The Hall–Kier alpha value is 0.180. The number of thioether (sulfide) groups is 2. The molecule has 0 N–H and O–H groups in total. The van der Waals surface area contributed by atoms with Gasteiger partial charge < -0.3 is 0 Å². The zero-order valence-corrected chi connectivity index (χ0v) is 11.7. The van der Waals surface area contributed by atoms with Crippen LogP contribution >= 0.6 is 23.5 Å². The maximum Gasteiger partial charge on any atom is 0.0113 e. The van der Waals surface area contributed by atoms with Gasteiger partial charge in [-0.3, -0.25) is 0 Å². The average Bonchev–Trinajstić information content (AvgIpc) is 2.26. The van der Waals surface area contributed by atoms with E-state index < -0.39 is 0 Å². The maximum atomic E-state index is 2.23. The molecule has 0 aliphatic rings. The number of hydrogen-bond acceptors (Lipinski definition) is 2. The Morgan fingerprint density at radius 3 is 1.60 bits per heavy atom. The van der Waals surface area contributed by atoms with Gasteiger partial charge in [0.1, 0.15) is 0 Å². The van der Waals surface area contributed by atoms with Crippen LogP contribution in [-0.2, 0) is 0 Å². The van der Waals surface area contributed by atoms with E-state index in [1.165, 1.54) is 42.3 Å². The minimum atomic E-state index is 1.19. The first-order valence-corrected chi connectivity index (χ1v) is 8.10. The van der Waals surface area contributed by atoms with Crippen LogP contribution < -0.4 is 0 Å². The lowest BCUT2D eigenvalue weighted by Crippen LogP contribution is -1.85. The van der Waals surface area contributed by atoms with Crippen LogP contribution in [0.25, 0.3) is 0 Å². The van der Waals surface area contributed by atoms with E-state index in [4.69, 9.17) is 0 Å². The molecule has 0 nitrogen and oxygen atoms in total. The second-order valence-electron chi connectivity index (χ2n) is 3.35. The summed E-state index contributed by atoms with van der Waals surface area (Å²) < 4.78 is 0. The van der Waals surface area contributed by atoms with E-state index >= 15 is 0 Å². The highest BCUT2D eigenvalue weighted by Gasteiger charge is 1.90. The molecule has 0 rings (SSSR count). The summed E-state index contributed by atoms with van der Waals surface area (Å²) in [5, 5.41) is 0. The summed E-state index contributed by atoms with van der Waals surface area (Å²) in [5.74, 6) is 5.02. The molecule has 15 heavy (non-hydrogen) atoms. The van der Waals surface area contributed by atoms with Crippen molar-refractivity contribution in [3.05, 3.63) is 24.3 Å². The van der Waals surface area contributed by atoms with Gasteiger partial charge in [-0.1, -0.05) is 30.7 Å².